The molecule has 9 heteroatoms. The second-order valence-electron chi connectivity index (χ2n) is 9.28. The number of hydrogen-bond acceptors (Lipinski definition) is 7. The number of likely N-dealkylation sites (tertiary alicyclic amines) is 1. The fourth-order valence-electron chi connectivity index (χ4n) is 5.39. The zero-order valence-corrected chi connectivity index (χ0v) is 18.8. The van der Waals surface area contributed by atoms with Crippen molar-refractivity contribution in [1.82, 2.24) is 14.7 Å². The first kappa shape index (κ1) is 22.6. The van der Waals surface area contributed by atoms with Crippen LogP contribution >= 0.6 is 0 Å². The molecule has 1 N–H and O–H groups in total. The largest absolute Gasteiger partial charge is 0.465 e. The predicted molar refractivity (Wildman–Crippen MR) is 119 cm³/mol. The lowest BCUT2D eigenvalue weighted by atomic mass is 9.82. The number of β-amino-alcohol motifs (C(OH)–C–C–N with tert-alkyl or cyclic N) is 1. The number of hydrogen-bond donors (Lipinski definition) is 1. The van der Waals surface area contributed by atoms with Crippen molar-refractivity contribution in [2.45, 2.75) is 37.2 Å². The summed E-state index contributed by atoms with van der Waals surface area (Å²) in [5, 5.41) is 10.3. The highest BCUT2D eigenvalue weighted by atomic mass is 19.1. The van der Waals surface area contributed by atoms with E-state index in [1.807, 2.05) is 15.9 Å². The Balaban J connectivity index is 1.36. The van der Waals surface area contributed by atoms with Gasteiger partial charge in [-0.05, 0) is 41.8 Å². The highest BCUT2D eigenvalue weighted by Gasteiger charge is 2.64. The molecule has 3 saturated heterocycles. The van der Waals surface area contributed by atoms with E-state index in [0.29, 0.717) is 30.8 Å². The van der Waals surface area contributed by atoms with Gasteiger partial charge in [0.05, 0.1) is 31.4 Å². The van der Waals surface area contributed by atoms with Crippen molar-refractivity contribution in [3.63, 3.8) is 0 Å². The smallest absolute Gasteiger partial charge is 0.337 e. The van der Waals surface area contributed by atoms with Crippen LogP contribution in [0.4, 0.5) is 4.39 Å². The molecule has 3 aliphatic rings. The summed E-state index contributed by atoms with van der Waals surface area (Å²) in [6.45, 7) is 1.66. The molecule has 1 spiro atoms. The van der Waals surface area contributed by atoms with E-state index in [0.717, 1.165) is 5.56 Å². The molecule has 5 rings (SSSR count). The first-order valence-corrected chi connectivity index (χ1v) is 11.3. The van der Waals surface area contributed by atoms with E-state index >= 15 is 0 Å². The Morgan fingerprint density at radius 3 is 2.53 bits per heavy atom. The Labute approximate surface area is 196 Å². The Kier molecular flexibility index (Phi) is 5.71. The lowest BCUT2D eigenvalue weighted by molar-refractivity contribution is -0.181. The number of rotatable bonds is 5. The average molecular weight is 467 g/mol. The molecular formula is C25H26FN3O5. The molecule has 2 atom stereocenters. The maximum absolute atomic E-state index is 13.7. The number of aliphatic hydroxyl groups excluding tert-OH is 1. The lowest BCUT2D eigenvalue weighted by Crippen LogP contribution is -2.81. The summed E-state index contributed by atoms with van der Waals surface area (Å²) in [4.78, 5) is 43.8. The fraction of sp³-hybridized carbons (Fsp3) is 0.400. The molecule has 3 fully saturated rings. The molecule has 2 aromatic carbocycles. The molecule has 3 aliphatic heterocycles. The Hall–Kier alpha value is -3.14. The molecule has 0 saturated carbocycles. The Morgan fingerprint density at radius 2 is 1.85 bits per heavy atom. The maximum atomic E-state index is 13.7. The van der Waals surface area contributed by atoms with Crippen molar-refractivity contribution in [3.05, 3.63) is 71.0 Å². The van der Waals surface area contributed by atoms with Crippen molar-refractivity contribution < 1.29 is 28.6 Å². The van der Waals surface area contributed by atoms with E-state index in [1.165, 1.54) is 24.1 Å². The number of piperazine rings is 1. The number of amides is 2. The second kappa shape index (κ2) is 8.57. The number of carbonyl (C=O) groups excluding carboxylic acids is 3. The number of imide groups is 1. The van der Waals surface area contributed by atoms with Crippen LogP contribution in [0.2, 0.25) is 0 Å². The quantitative estimate of drug-likeness (QED) is 0.522. The van der Waals surface area contributed by atoms with Gasteiger partial charge in [-0.2, -0.15) is 0 Å². The van der Waals surface area contributed by atoms with Gasteiger partial charge in [-0.25, -0.2) is 9.18 Å². The molecule has 178 valence electrons. The third kappa shape index (κ3) is 3.79. The molecule has 0 bridgehead atoms. The summed E-state index contributed by atoms with van der Waals surface area (Å²) < 4.78 is 18.3. The van der Waals surface area contributed by atoms with Crippen LogP contribution in [-0.4, -0.2) is 82.0 Å². The van der Waals surface area contributed by atoms with Crippen molar-refractivity contribution in [2.75, 3.05) is 26.7 Å². The van der Waals surface area contributed by atoms with Crippen LogP contribution in [-0.2, 0) is 27.4 Å². The molecule has 2 aromatic rings. The van der Waals surface area contributed by atoms with Gasteiger partial charge in [0.25, 0.3) is 5.91 Å². The maximum Gasteiger partial charge on any atom is 0.337 e. The average Bonchev–Trinajstić information content (AvgIpc) is 3.20. The van der Waals surface area contributed by atoms with Crippen LogP contribution in [0.3, 0.4) is 0 Å². The van der Waals surface area contributed by atoms with E-state index in [2.05, 4.69) is 0 Å². The van der Waals surface area contributed by atoms with Gasteiger partial charge in [0, 0.05) is 26.2 Å². The topological polar surface area (TPSA) is 90.4 Å². The molecule has 2 amide bonds. The van der Waals surface area contributed by atoms with Crippen LogP contribution < -0.4 is 0 Å². The number of carbonyl (C=O) groups is 3. The number of benzene rings is 2. The van der Waals surface area contributed by atoms with E-state index in [9.17, 15) is 23.9 Å². The van der Waals surface area contributed by atoms with Crippen molar-refractivity contribution in [3.8, 4) is 0 Å². The first-order valence-electron chi connectivity index (χ1n) is 11.3. The molecule has 34 heavy (non-hydrogen) atoms. The molecule has 0 aliphatic carbocycles. The number of aliphatic hydroxyl groups is 1. The zero-order chi connectivity index (χ0) is 24.0. The molecule has 0 aromatic heterocycles. The molecule has 8 nitrogen and oxygen atoms in total. The summed E-state index contributed by atoms with van der Waals surface area (Å²) in [5.74, 6) is -1.36. The van der Waals surface area contributed by atoms with Crippen molar-refractivity contribution in [1.29, 1.82) is 0 Å². The molecule has 0 unspecified atom stereocenters. The van der Waals surface area contributed by atoms with Crippen LogP contribution in [0.25, 0.3) is 0 Å². The van der Waals surface area contributed by atoms with Crippen LogP contribution in [0.5, 0.6) is 0 Å². The highest BCUT2D eigenvalue weighted by molar-refractivity contribution is 6.06. The van der Waals surface area contributed by atoms with Crippen molar-refractivity contribution in [2.24, 2.45) is 0 Å². The minimum Gasteiger partial charge on any atom is -0.465 e. The SMILES string of the molecule is COC(=O)c1ccc(CN2C(=O)[C@@H]3C[C@@H](O)CN3C3(CN(Cc4cccc(F)c4)C3)C2=O)cc1. The Morgan fingerprint density at radius 1 is 1.12 bits per heavy atom. The van der Waals surface area contributed by atoms with Gasteiger partial charge < -0.3 is 9.84 Å². The summed E-state index contributed by atoms with van der Waals surface area (Å²) in [5.41, 5.74) is 1.02. The number of halogens is 1. The predicted octanol–water partition coefficient (Wildman–Crippen LogP) is 1.17. The van der Waals surface area contributed by atoms with E-state index in [4.69, 9.17) is 4.74 Å². The molecular weight excluding hydrogens is 441 g/mol. The number of ether oxygens (including phenoxy) is 1. The highest BCUT2D eigenvalue weighted by Crippen LogP contribution is 2.41. The molecule has 3 heterocycles. The van der Waals surface area contributed by atoms with Crippen LogP contribution in [0.15, 0.2) is 48.5 Å². The number of esters is 1. The zero-order valence-electron chi connectivity index (χ0n) is 18.8. The van der Waals surface area contributed by atoms with Crippen LogP contribution in [0.1, 0.15) is 27.9 Å². The summed E-state index contributed by atoms with van der Waals surface area (Å²) in [7, 11) is 1.30. The van der Waals surface area contributed by atoms with E-state index in [-0.39, 0.29) is 37.1 Å². The molecule has 0 radical (unpaired) electrons. The van der Waals surface area contributed by atoms with Gasteiger partial charge in [0.2, 0.25) is 5.91 Å². The summed E-state index contributed by atoms with van der Waals surface area (Å²) in [6, 6.07) is 12.4. The summed E-state index contributed by atoms with van der Waals surface area (Å²) in [6.07, 6.45) is -0.384. The standard InChI is InChI=1S/C25H26FN3O5/c1-34-23(32)18-7-5-16(6-8-18)12-28-22(31)21-10-20(30)13-29(21)25(24(28)33)14-27(15-25)11-17-3-2-4-19(26)9-17/h2-9,20-21,30H,10-15H2,1H3/t20-,21+/m1/s1. The van der Waals surface area contributed by atoms with Gasteiger partial charge in [-0.15, -0.1) is 0 Å². The van der Waals surface area contributed by atoms with E-state index < -0.39 is 23.7 Å². The second-order valence-corrected chi connectivity index (χ2v) is 9.28. The number of fused-ring (bicyclic) bond motifs is 2. The van der Waals surface area contributed by atoms with E-state index in [1.54, 1.807) is 30.3 Å². The monoisotopic (exact) mass is 467 g/mol. The first-order chi connectivity index (χ1) is 16.3. The van der Waals surface area contributed by atoms with Gasteiger partial charge in [-0.3, -0.25) is 24.3 Å². The van der Waals surface area contributed by atoms with Gasteiger partial charge in [-0.1, -0.05) is 24.3 Å². The number of methoxy groups -OCH3 is 1. The fourth-order valence-corrected chi connectivity index (χ4v) is 5.39. The van der Waals surface area contributed by atoms with Gasteiger partial charge in [0.1, 0.15) is 11.4 Å². The third-order valence-corrected chi connectivity index (χ3v) is 7.00. The van der Waals surface area contributed by atoms with Gasteiger partial charge in [0.15, 0.2) is 0 Å². The minimum absolute atomic E-state index is 0.0885. The minimum atomic E-state index is -0.894. The number of nitrogens with zero attached hydrogens (tertiary/aromatic N) is 3. The van der Waals surface area contributed by atoms with Crippen LogP contribution in [0, 0.1) is 5.82 Å². The lowest BCUT2D eigenvalue weighted by Gasteiger charge is -2.58. The van der Waals surface area contributed by atoms with Crippen molar-refractivity contribution >= 4 is 17.8 Å². The summed E-state index contributed by atoms with van der Waals surface area (Å²) >= 11 is 0. The third-order valence-electron chi connectivity index (χ3n) is 7.00. The Bertz CT molecular complexity index is 1130. The normalized spacial score (nSPS) is 24.3. The van der Waals surface area contributed by atoms with Gasteiger partial charge >= 0.3 is 5.97 Å².